The lowest BCUT2D eigenvalue weighted by atomic mass is 10.3. The number of benzene rings is 1. The van der Waals surface area contributed by atoms with E-state index in [1.807, 2.05) is 24.3 Å². The maximum absolute atomic E-state index is 5.78. The summed E-state index contributed by atoms with van der Waals surface area (Å²) < 4.78 is 22.2. The van der Waals surface area contributed by atoms with Crippen LogP contribution in [-0.2, 0) is 9.47 Å². The summed E-state index contributed by atoms with van der Waals surface area (Å²) in [5.41, 5.74) is 0. The van der Waals surface area contributed by atoms with Gasteiger partial charge in [0, 0.05) is 26.2 Å². The minimum Gasteiger partial charge on any atom is -0.478 e. The Bertz CT molecular complexity index is 387. The fourth-order valence-corrected chi connectivity index (χ4v) is 2.42. The Hall–Kier alpha value is -1.34. The third kappa shape index (κ3) is 4.84. The molecule has 1 aromatic carbocycles. The van der Waals surface area contributed by atoms with Crippen LogP contribution in [0.4, 0.5) is 0 Å². The monoisotopic (exact) mass is 308 g/mol. The quantitative estimate of drug-likeness (QED) is 0.782. The van der Waals surface area contributed by atoms with Gasteiger partial charge in [-0.05, 0) is 24.3 Å². The first kappa shape index (κ1) is 15.6. The molecule has 3 rings (SSSR count). The van der Waals surface area contributed by atoms with Crippen LogP contribution in [0.25, 0.3) is 0 Å². The van der Waals surface area contributed by atoms with Crippen molar-refractivity contribution in [1.82, 2.24) is 9.80 Å². The Labute approximate surface area is 131 Å². The molecule has 2 aliphatic rings. The Kier molecular flexibility index (Phi) is 5.89. The van der Waals surface area contributed by atoms with Crippen LogP contribution in [0.15, 0.2) is 24.3 Å². The lowest BCUT2D eigenvalue weighted by Gasteiger charge is -2.26. The molecule has 6 heteroatoms. The van der Waals surface area contributed by atoms with Crippen LogP contribution in [0.1, 0.15) is 0 Å². The second-order valence-corrected chi connectivity index (χ2v) is 5.48. The van der Waals surface area contributed by atoms with E-state index in [1.165, 1.54) is 0 Å². The zero-order valence-electron chi connectivity index (χ0n) is 12.9. The van der Waals surface area contributed by atoms with Gasteiger partial charge in [0.1, 0.15) is 25.0 Å². The van der Waals surface area contributed by atoms with Crippen molar-refractivity contribution < 1.29 is 18.9 Å². The first-order valence-corrected chi connectivity index (χ1v) is 7.86. The first-order chi connectivity index (χ1) is 10.9. The van der Waals surface area contributed by atoms with Gasteiger partial charge in [-0.25, -0.2) is 0 Å². The molecule has 1 aromatic rings. The Morgan fingerprint density at radius 3 is 1.41 bits per heavy atom. The molecule has 0 radical (unpaired) electrons. The Morgan fingerprint density at radius 1 is 0.682 bits per heavy atom. The standard InChI is InChI=1S/C16H24N2O4/c1-2-16(22-14-18-7-11-20-12-8-18)4-3-15(1)21-13-17-5-9-19-10-6-17/h1-4H,5-14H2. The Morgan fingerprint density at radius 2 is 1.05 bits per heavy atom. The van der Waals surface area contributed by atoms with Gasteiger partial charge in [0.15, 0.2) is 0 Å². The lowest BCUT2D eigenvalue weighted by Crippen LogP contribution is -2.38. The highest BCUT2D eigenvalue weighted by Crippen LogP contribution is 2.18. The molecular weight excluding hydrogens is 284 g/mol. The molecule has 0 amide bonds. The van der Waals surface area contributed by atoms with E-state index in [9.17, 15) is 0 Å². The van der Waals surface area contributed by atoms with Gasteiger partial charge in [-0.2, -0.15) is 0 Å². The van der Waals surface area contributed by atoms with Crippen LogP contribution in [0.3, 0.4) is 0 Å². The van der Waals surface area contributed by atoms with Crippen LogP contribution >= 0.6 is 0 Å². The average molecular weight is 308 g/mol. The highest BCUT2D eigenvalue weighted by atomic mass is 16.5. The van der Waals surface area contributed by atoms with Crippen molar-refractivity contribution in [3.05, 3.63) is 24.3 Å². The topological polar surface area (TPSA) is 43.4 Å². The van der Waals surface area contributed by atoms with E-state index in [4.69, 9.17) is 18.9 Å². The van der Waals surface area contributed by atoms with Crippen molar-refractivity contribution in [3.63, 3.8) is 0 Å². The van der Waals surface area contributed by atoms with Crippen molar-refractivity contribution >= 4 is 0 Å². The molecule has 0 aliphatic carbocycles. The van der Waals surface area contributed by atoms with E-state index in [-0.39, 0.29) is 0 Å². The largest absolute Gasteiger partial charge is 0.478 e. The number of rotatable bonds is 6. The van der Waals surface area contributed by atoms with E-state index < -0.39 is 0 Å². The molecule has 22 heavy (non-hydrogen) atoms. The van der Waals surface area contributed by atoms with Crippen molar-refractivity contribution in [2.75, 3.05) is 66.1 Å². The number of hydrogen-bond acceptors (Lipinski definition) is 6. The number of ether oxygens (including phenoxy) is 4. The summed E-state index contributed by atoms with van der Waals surface area (Å²) >= 11 is 0. The summed E-state index contributed by atoms with van der Waals surface area (Å²) in [5, 5.41) is 0. The predicted molar refractivity (Wildman–Crippen MR) is 82.2 cm³/mol. The fourth-order valence-electron chi connectivity index (χ4n) is 2.42. The van der Waals surface area contributed by atoms with Gasteiger partial charge < -0.3 is 18.9 Å². The highest BCUT2D eigenvalue weighted by molar-refractivity contribution is 5.31. The second kappa shape index (κ2) is 8.33. The van der Waals surface area contributed by atoms with Crippen LogP contribution in [0, 0.1) is 0 Å². The maximum atomic E-state index is 5.78. The van der Waals surface area contributed by atoms with E-state index in [0.717, 1.165) is 64.1 Å². The summed E-state index contributed by atoms with van der Waals surface area (Å²) in [4.78, 5) is 4.48. The molecule has 0 aromatic heterocycles. The van der Waals surface area contributed by atoms with Crippen molar-refractivity contribution in [1.29, 1.82) is 0 Å². The summed E-state index contributed by atoms with van der Waals surface area (Å²) in [6.07, 6.45) is 0. The fraction of sp³-hybridized carbons (Fsp3) is 0.625. The molecule has 0 bridgehead atoms. The van der Waals surface area contributed by atoms with Gasteiger partial charge in [-0.3, -0.25) is 9.80 Å². The zero-order chi connectivity index (χ0) is 15.0. The molecule has 0 atom stereocenters. The van der Waals surface area contributed by atoms with E-state index >= 15 is 0 Å². The molecule has 2 saturated heterocycles. The maximum Gasteiger partial charge on any atom is 0.142 e. The van der Waals surface area contributed by atoms with Crippen LogP contribution < -0.4 is 9.47 Å². The minimum absolute atomic E-state index is 0.608. The van der Waals surface area contributed by atoms with Crippen LogP contribution in [-0.4, -0.2) is 75.9 Å². The van der Waals surface area contributed by atoms with Gasteiger partial charge in [0.05, 0.1) is 26.4 Å². The number of nitrogens with zero attached hydrogens (tertiary/aromatic N) is 2. The molecular formula is C16H24N2O4. The third-order valence-electron chi connectivity index (χ3n) is 3.86. The second-order valence-electron chi connectivity index (χ2n) is 5.48. The molecule has 0 unspecified atom stereocenters. The zero-order valence-corrected chi connectivity index (χ0v) is 12.9. The summed E-state index contributed by atoms with van der Waals surface area (Å²) in [5.74, 6) is 1.73. The predicted octanol–water partition coefficient (Wildman–Crippen LogP) is 1.02. The summed E-state index contributed by atoms with van der Waals surface area (Å²) in [7, 11) is 0. The summed E-state index contributed by atoms with van der Waals surface area (Å²) in [6, 6.07) is 7.81. The molecule has 0 saturated carbocycles. The van der Waals surface area contributed by atoms with E-state index in [1.54, 1.807) is 0 Å². The molecule has 6 nitrogen and oxygen atoms in total. The first-order valence-electron chi connectivity index (χ1n) is 7.86. The Balaban J connectivity index is 1.39. The van der Waals surface area contributed by atoms with Crippen molar-refractivity contribution in [3.8, 4) is 11.5 Å². The van der Waals surface area contributed by atoms with E-state index in [2.05, 4.69) is 9.80 Å². The van der Waals surface area contributed by atoms with E-state index in [0.29, 0.717) is 13.5 Å². The molecule has 122 valence electrons. The average Bonchev–Trinajstić information content (AvgIpc) is 2.61. The third-order valence-corrected chi connectivity index (χ3v) is 3.86. The van der Waals surface area contributed by atoms with Gasteiger partial charge in [-0.15, -0.1) is 0 Å². The van der Waals surface area contributed by atoms with Crippen molar-refractivity contribution in [2.45, 2.75) is 0 Å². The van der Waals surface area contributed by atoms with Gasteiger partial charge in [0.2, 0.25) is 0 Å². The molecule has 0 N–H and O–H groups in total. The normalized spacial score (nSPS) is 20.7. The molecule has 2 aliphatic heterocycles. The van der Waals surface area contributed by atoms with Gasteiger partial charge in [0.25, 0.3) is 0 Å². The van der Waals surface area contributed by atoms with Gasteiger partial charge in [-0.1, -0.05) is 0 Å². The van der Waals surface area contributed by atoms with Crippen molar-refractivity contribution in [2.24, 2.45) is 0 Å². The minimum atomic E-state index is 0.608. The smallest absolute Gasteiger partial charge is 0.142 e. The highest BCUT2D eigenvalue weighted by Gasteiger charge is 2.11. The summed E-state index contributed by atoms with van der Waals surface area (Å²) in [6.45, 7) is 8.10. The SMILES string of the molecule is c1cc(OCN2CCOCC2)ccc1OCN1CCOCC1. The molecule has 0 spiro atoms. The molecule has 2 fully saturated rings. The number of hydrogen-bond donors (Lipinski definition) is 0. The molecule has 2 heterocycles. The lowest BCUT2D eigenvalue weighted by molar-refractivity contribution is 0.00324. The number of morpholine rings is 2. The van der Waals surface area contributed by atoms with Crippen LogP contribution in [0.5, 0.6) is 11.5 Å². The van der Waals surface area contributed by atoms with Crippen LogP contribution in [0.2, 0.25) is 0 Å². The van der Waals surface area contributed by atoms with Gasteiger partial charge >= 0.3 is 0 Å².